The van der Waals surface area contributed by atoms with Crippen LogP contribution < -0.4 is 9.62 Å². The molecule has 0 radical (unpaired) electrons. The van der Waals surface area contributed by atoms with Crippen LogP contribution in [0.1, 0.15) is 47.3 Å². The Labute approximate surface area is 231 Å². The molecule has 2 aliphatic carbocycles. The summed E-state index contributed by atoms with van der Waals surface area (Å²) in [6.45, 7) is 0.250. The molecule has 2 aliphatic rings. The van der Waals surface area contributed by atoms with E-state index in [4.69, 9.17) is 0 Å². The highest BCUT2D eigenvalue weighted by atomic mass is 32.2. The van der Waals surface area contributed by atoms with E-state index in [1.54, 1.807) is 23.2 Å². The molecule has 1 N–H and O–H groups in total. The number of carbonyl (C=O) groups excluding carboxylic acids is 1. The van der Waals surface area contributed by atoms with Gasteiger partial charge in [-0.25, -0.2) is 26.9 Å². The Hall–Kier alpha value is -3.89. The number of anilines is 1. The first-order chi connectivity index (χ1) is 19.2. The predicted molar refractivity (Wildman–Crippen MR) is 146 cm³/mol. The molecule has 0 aliphatic heterocycles. The lowest BCUT2D eigenvalue weighted by molar-refractivity contribution is -0.120. The third kappa shape index (κ3) is 5.16. The normalized spacial score (nSPS) is 19.8. The average molecular weight is 563 g/mol. The molecule has 0 unspecified atom stereocenters. The maximum Gasteiger partial charge on any atom is 0.241 e. The second-order valence-electron chi connectivity index (χ2n) is 10.4. The van der Waals surface area contributed by atoms with Gasteiger partial charge in [-0.1, -0.05) is 18.2 Å². The first-order valence-corrected chi connectivity index (χ1v) is 14.6. The smallest absolute Gasteiger partial charge is 0.241 e. The molecular weight excluding hydrogens is 534 g/mol. The summed E-state index contributed by atoms with van der Waals surface area (Å²) in [5.74, 6) is -0.399. The maximum absolute atomic E-state index is 13.9. The van der Waals surface area contributed by atoms with E-state index >= 15 is 0 Å². The second-order valence-corrected chi connectivity index (χ2v) is 12.1. The number of fused-ring (bicyclic) bond motifs is 1. The summed E-state index contributed by atoms with van der Waals surface area (Å²) in [5.41, 5.74) is 3.41. The zero-order chi connectivity index (χ0) is 28.0. The molecule has 0 saturated heterocycles. The van der Waals surface area contributed by atoms with E-state index in [1.165, 1.54) is 24.3 Å². The van der Waals surface area contributed by atoms with Gasteiger partial charge in [-0.05, 0) is 90.4 Å². The molecule has 1 fully saturated rings. The number of carbonyl (C=O) groups is 1. The minimum Gasteiger partial charge on any atom is -0.337 e. The van der Waals surface area contributed by atoms with E-state index in [1.807, 2.05) is 36.0 Å². The van der Waals surface area contributed by atoms with Gasteiger partial charge in [-0.15, -0.1) is 0 Å². The Morgan fingerprint density at radius 2 is 1.75 bits per heavy atom. The number of nitrogens with one attached hydrogen (secondary N) is 1. The van der Waals surface area contributed by atoms with Crippen molar-refractivity contribution in [1.82, 2.24) is 14.3 Å². The van der Waals surface area contributed by atoms with Crippen LogP contribution in [0, 0.1) is 17.6 Å². The van der Waals surface area contributed by atoms with Crippen LogP contribution in [0.25, 0.3) is 0 Å². The highest BCUT2D eigenvalue weighted by Gasteiger charge is 2.46. The highest BCUT2D eigenvalue weighted by Crippen LogP contribution is 2.49. The molecule has 6 rings (SSSR count). The summed E-state index contributed by atoms with van der Waals surface area (Å²) in [4.78, 5) is 20.0. The first kappa shape index (κ1) is 26.3. The monoisotopic (exact) mass is 562 g/mol. The van der Waals surface area contributed by atoms with Crippen LogP contribution in [0.5, 0.6) is 0 Å². The summed E-state index contributed by atoms with van der Waals surface area (Å²) in [7, 11) is -2.01. The Morgan fingerprint density at radius 3 is 2.42 bits per heavy atom. The second kappa shape index (κ2) is 10.3. The van der Waals surface area contributed by atoms with Crippen LogP contribution in [-0.4, -0.2) is 23.9 Å². The van der Waals surface area contributed by atoms with Crippen LogP contribution in [0.4, 0.5) is 14.5 Å². The Morgan fingerprint density at radius 1 is 1.05 bits per heavy atom. The topological polar surface area (TPSA) is 84.3 Å². The van der Waals surface area contributed by atoms with Gasteiger partial charge in [0.05, 0.1) is 11.4 Å². The van der Waals surface area contributed by atoms with Gasteiger partial charge in [0, 0.05) is 37.1 Å². The summed E-state index contributed by atoms with van der Waals surface area (Å²) < 4.78 is 57.5. The van der Waals surface area contributed by atoms with E-state index in [0.29, 0.717) is 30.8 Å². The molecule has 0 spiro atoms. The molecule has 1 amide bonds. The van der Waals surface area contributed by atoms with Gasteiger partial charge in [-0.2, -0.15) is 0 Å². The van der Waals surface area contributed by atoms with Gasteiger partial charge in [0.25, 0.3) is 0 Å². The Kier molecular flexibility index (Phi) is 6.75. The Bertz CT molecular complexity index is 1670. The van der Waals surface area contributed by atoms with Crippen LogP contribution in [-0.2, 0) is 34.8 Å². The van der Waals surface area contributed by atoms with E-state index in [0.717, 1.165) is 28.8 Å². The number of benzene rings is 3. The van der Waals surface area contributed by atoms with Crippen molar-refractivity contribution < 1.29 is 22.0 Å². The molecule has 7 nitrogen and oxygen atoms in total. The fraction of sp³-hybridized carbons (Fsp3) is 0.267. The zero-order valence-electron chi connectivity index (χ0n) is 21.8. The maximum atomic E-state index is 13.9. The van der Waals surface area contributed by atoms with Crippen molar-refractivity contribution in [2.45, 2.75) is 42.7 Å². The highest BCUT2D eigenvalue weighted by molar-refractivity contribution is 7.89. The van der Waals surface area contributed by atoms with Crippen molar-refractivity contribution in [3.05, 3.63) is 113 Å². The van der Waals surface area contributed by atoms with E-state index in [9.17, 15) is 22.0 Å². The molecule has 0 bridgehead atoms. The van der Waals surface area contributed by atoms with Gasteiger partial charge >= 0.3 is 0 Å². The molecule has 1 heterocycles. The van der Waals surface area contributed by atoms with Gasteiger partial charge in [-0.3, -0.25) is 4.79 Å². The summed E-state index contributed by atoms with van der Waals surface area (Å²) >= 11 is 0. The number of aryl methyl sites for hydroxylation is 2. The summed E-state index contributed by atoms with van der Waals surface area (Å²) in [6.07, 6.45) is 5.43. The number of aromatic nitrogens is 2. The first-order valence-electron chi connectivity index (χ1n) is 13.1. The van der Waals surface area contributed by atoms with Crippen LogP contribution in [0.15, 0.2) is 84.0 Å². The number of sulfonamides is 1. The lowest BCUT2D eigenvalue weighted by atomic mass is 10.1. The van der Waals surface area contributed by atoms with Gasteiger partial charge in [0.2, 0.25) is 15.9 Å². The molecular formula is C30H28F2N4O3S. The number of nitrogens with zero attached hydrogens (tertiary/aromatic N) is 3. The SMILES string of the molecule is Cn1ccnc1CN(C(=O)[C@@H]1C[C@@H]1c1ccc(F)cc1)c1ccc2c(c1)[C@@H](NS(=O)(=O)c1ccc(F)cc1)CC2. The van der Waals surface area contributed by atoms with Crippen molar-refractivity contribution in [1.29, 1.82) is 0 Å². The number of amides is 1. The number of hydrogen-bond donors (Lipinski definition) is 1. The van der Waals surface area contributed by atoms with E-state index in [2.05, 4.69) is 9.71 Å². The van der Waals surface area contributed by atoms with Crippen molar-refractivity contribution >= 4 is 21.6 Å². The van der Waals surface area contributed by atoms with Crippen molar-refractivity contribution in [2.24, 2.45) is 13.0 Å². The quantitative estimate of drug-likeness (QED) is 0.328. The van der Waals surface area contributed by atoms with Crippen molar-refractivity contribution in [3.63, 3.8) is 0 Å². The van der Waals surface area contributed by atoms with Crippen LogP contribution in [0.2, 0.25) is 0 Å². The molecule has 3 aromatic carbocycles. The predicted octanol–water partition coefficient (Wildman–Crippen LogP) is 5.00. The van der Waals surface area contributed by atoms with E-state index in [-0.39, 0.29) is 35.0 Å². The van der Waals surface area contributed by atoms with Crippen molar-refractivity contribution in [3.8, 4) is 0 Å². The number of imidazole rings is 1. The molecule has 206 valence electrons. The minimum absolute atomic E-state index is 0.00865. The standard InChI is InChI=1S/C30H28F2N4O3S/c1-35-15-14-33-29(35)18-36(30(37)27-17-25(27)19-2-6-21(31)7-3-19)23-10-4-20-5-13-28(26(20)16-23)34-40(38,39)24-11-8-22(32)9-12-24/h2-4,6-12,14-16,25,27-28,34H,5,13,17-18H2,1H3/t25-,27-,28+/m1/s1. The average Bonchev–Trinajstić information content (AvgIpc) is 3.50. The largest absolute Gasteiger partial charge is 0.337 e. The van der Waals surface area contributed by atoms with Gasteiger partial charge < -0.3 is 9.47 Å². The molecule has 1 aromatic heterocycles. The third-order valence-electron chi connectivity index (χ3n) is 7.83. The molecule has 3 atom stereocenters. The molecule has 40 heavy (non-hydrogen) atoms. The van der Waals surface area contributed by atoms with Gasteiger partial charge in [0.15, 0.2) is 0 Å². The molecule has 10 heteroatoms. The number of hydrogen-bond acceptors (Lipinski definition) is 4. The number of rotatable bonds is 8. The van der Waals surface area contributed by atoms with Crippen LogP contribution >= 0.6 is 0 Å². The fourth-order valence-corrected chi connectivity index (χ4v) is 6.73. The lowest BCUT2D eigenvalue weighted by Gasteiger charge is -2.25. The van der Waals surface area contributed by atoms with Crippen LogP contribution in [0.3, 0.4) is 0 Å². The van der Waals surface area contributed by atoms with Crippen molar-refractivity contribution in [2.75, 3.05) is 4.90 Å². The minimum atomic E-state index is -3.88. The van der Waals surface area contributed by atoms with E-state index < -0.39 is 21.9 Å². The summed E-state index contributed by atoms with van der Waals surface area (Å²) in [5, 5.41) is 0. The Balaban J connectivity index is 1.29. The lowest BCUT2D eigenvalue weighted by Crippen LogP contribution is -2.33. The number of halogens is 2. The third-order valence-corrected chi connectivity index (χ3v) is 9.32. The summed E-state index contributed by atoms with van der Waals surface area (Å²) in [6, 6.07) is 16.2. The molecule has 1 saturated carbocycles. The van der Waals surface area contributed by atoms with Gasteiger partial charge in [0.1, 0.15) is 17.5 Å². The zero-order valence-corrected chi connectivity index (χ0v) is 22.6. The molecule has 4 aromatic rings. The fourth-order valence-electron chi connectivity index (χ4n) is 5.48.